The normalized spacial score (nSPS) is 15.3. The van der Waals surface area contributed by atoms with Crippen molar-refractivity contribution in [2.45, 2.75) is 26.0 Å². The predicted molar refractivity (Wildman–Crippen MR) is 43.4 cm³/mol. The van der Waals surface area contributed by atoms with Gasteiger partial charge in [0.25, 0.3) is 0 Å². The highest BCUT2D eigenvalue weighted by atomic mass is 16.4. The number of hydrogen-bond acceptors (Lipinski definition) is 4. The van der Waals surface area contributed by atoms with E-state index in [0.29, 0.717) is 0 Å². The van der Waals surface area contributed by atoms with Crippen molar-refractivity contribution in [1.29, 1.82) is 0 Å². The van der Waals surface area contributed by atoms with Crippen LogP contribution in [0.2, 0.25) is 0 Å². The summed E-state index contributed by atoms with van der Waals surface area (Å²) in [6, 6.07) is -0.277. The second-order valence-corrected chi connectivity index (χ2v) is 2.87. The first kappa shape index (κ1) is 9.66. The molecular formula is C7H11N3O3. The van der Waals surface area contributed by atoms with Crippen molar-refractivity contribution in [2.75, 3.05) is 0 Å². The first-order chi connectivity index (χ1) is 6.02. The van der Waals surface area contributed by atoms with E-state index in [1.807, 2.05) is 0 Å². The molecule has 2 atom stereocenters. The lowest BCUT2D eigenvalue weighted by Crippen LogP contribution is -2.18. The van der Waals surface area contributed by atoms with Gasteiger partial charge in [0.2, 0.25) is 0 Å². The molecule has 0 aliphatic rings. The van der Waals surface area contributed by atoms with Gasteiger partial charge in [-0.3, -0.25) is 0 Å². The molecule has 0 aromatic carbocycles. The van der Waals surface area contributed by atoms with Crippen LogP contribution >= 0.6 is 0 Å². The van der Waals surface area contributed by atoms with Crippen molar-refractivity contribution in [1.82, 2.24) is 15.0 Å². The van der Waals surface area contributed by atoms with E-state index in [4.69, 9.17) is 5.11 Å². The van der Waals surface area contributed by atoms with Crippen LogP contribution in [0, 0.1) is 0 Å². The van der Waals surface area contributed by atoms with Gasteiger partial charge in [-0.05, 0) is 13.8 Å². The fraction of sp³-hybridized carbons (Fsp3) is 0.571. The Morgan fingerprint density at radius 2 is 2.23 bits per heavy atom. The Bertz CT molecular complexity index is 308. The number of aliphatic hydroxyl groups is 1. The summed E-state index contributed by atoms with van der Waals surface area (Å²) >= 11 is 0. The van der Waals surface area contributed by atoms with E-state index >= 15 is 0 Å². The summed E-state index contributed by atoms with van der Waals surface area (Å²) in [7, 11) is 0. The van der Waals surface area contributed by atoms with Crippen LogP contribution in [-0.4, -0.2) is 37.3 Å². The second-order valence-electron chi connectivity index (χ2n) is 2.87. The fourth-order valence-electron chi connectivity index (χ4n) is 0.795. The van der Waals surface area contributed by atoms with Gasteiger partial charge in [-0.25, -0.2) is 9.48 Å². The summed E-state index contributed by atoms with van der Waals surface area (Å²) in [5.41, 5.74) is -0.118. The number of nitrogens with zero attached hydrogens (tertiary/aromatic N) is 3. The molecule has 0 spiro atoms. The van der Waals surface area contributed by atoms with Crippen molar-refractivity contribution in [3.05, 3.63) is 11.9 Å². The summed E-state index contributed by atoms with van der Waals surface area (Å²) in [6.45, 7) is 3.33. The Morgan fingerprint density at radius 1 is 1.62 bits per heavy atom. The van der Waals surface area contributed by atoms with Gasteiger partial charge in [-0.15, -0.1) is 5.10 Å². The highest BCUT2D eigenvalue weighted by molar-refractivity contribution is 5.84. The van der Waals surface area contributed by atoms with E-state index < -0.39 is 12.1 Å². The fourth-order valence-corrected chi connectivity index (χ4v) is 0.795. The summed E-state index contributed by atoms with van der Waals surface area (Å²) in [5, 5.41) is 24.7. The maximum absolute atomic E-state index is 10.4. The number of carboxylic acids is 1. The van der Waals surface area contributed by atoms with Gasteiger partial charge in [-0.1, -0.05) is 5.21 Å². The molecule has 72 valence electrons. The van der Waals surface area contributed by atoms with Gasteiger partial charge in [0.15, 0.2) is 5.69 Å². The molecule has 0 radical (unpaired) electrons. The summed E-state index contributed by atoms with van der Waals surface area (Å²) in [6.07, 6.45) is 0.697. The van der Waals surface area contributed by atoms with Gasteiger partial charge in [0.1, 0.15) is 0 Å². The zero-order valence-electron chi connectivity index (χ0n) is 7.38. The lowest BCUT2D eigenvalue weighted by molar-refractivity contribution is 0.0690. The third-order valence-corrected chi connectivity index (χ3v) is 1.84. The van der Waals surface area contributed by atoms with Crippen LogP contribution < -0.4 is 0 Å². The van der Waals surface area contributed by atoms with Crippen LogP contribution in [0.1, 0.15) is 30.4 Å². The van der Waals surface area contributed by atoms with Crippen molar-refractivity contribution in [2.24, 2.45) is 0 Å². The number of carbonyl (C=O) groups is 1. The molecular weight excluding hydrogens is 174 g/mol. The molecule has 1 aromatic heterocycles. The third kappa shape index (κ3) is 2.03. The van der Waals surface area contributed by atoms with E-state index in [9.17, 15) is 9.90 Å². The molecule has 1 aromatic rings. The van der Waals surface area contributed by atoms with Crippen molar-refractivity contribution in [3.63, 3.8) is 0 Å². The monoisotopic (exact) mass is 185 g/mol. The minimum Gasteiger partial charge on any atom is -0.476 e. The molecule has 0 aliphatic heterocycles. The standard InChI is InChI=1S/C7H11N3O3/c1-4(5(2)11)10-3-6(7(12)13)8-9-10/h3-5,11H,1-2H3,(H,12,13). The highest BCUT2D eigenvalue weighted by Crippen LogP contribution is 2.08. The average Bonchev–Trinajstić information content (AvgIpc) is 2.50. The summed E-state index contributed by atoms with van der Waals surface area (Å²) in [4.78, 5) is 10.4. The Labute approximate surface area is 74.8 Å². The van der Waals surface area contributed by atoms with Gasteiger partial charge in [0, 0.05) is 0 Å². The van der Waals surface area contributed by atoms with Crippen LogP contribution in [0.15, 0.2) is 6.20 Å². The van der Waals surface area contributed by atoms with E-state index in [1.165, 1.54) is 10.9 Å². The first-order valence-electron chi connectivity index (χ1n) is 3.85. The first-order valence-corrected chi connectivity index (χ1v) is 3.85. The zero-order valence-corrected chi connectivity index (χ0v) is 7.38. The second kappa shape index (κ2) is 3.53. The minimum absolute atomic E-state index is 0.118. The Hall–Kier alpha value is -1.43. The molecule has 6 nitrogen and oxygen atoms in total. The average molecular weight is 185 g/mol. The quantitative estimate of drug-likeness (QED) is 0.687. The number of hydrogen-bond donors (Lipinski definition) is 2. The number of aromatic nitrogens is 3. The molecule has 0 saturated carbocycles. The third-order valence-electron chi connectivity index (χ3n) is 1.84. The molecule has 6 heteroatoms. The summed E-state index contributed by atoms with van der Waals surface area (Å²) < 4.78 is 1.33. The van der Waals surface area contributed by atoms with Crippen LogP contribution in [-0.2, 0) is 0 Å². The molecule has 0 amide bonds. The van der Waals surface area contributed by atoms with Gasteiger partial charge in [-0.2, -0.15) is 0 Å². The topological polar surface area (TPSA) is 88.2 Å². The van der Waals surface area contributed by atoms with E-state index in [2.05, 4.69) is 10.3 Å². The SMILES string of the molecule is CC(O)C(C)n1cc(C(=O)O)nn1. The Balaban J connectivity index is 2.85. The van der Waals surface area contributed by atoms with E-state index in [1.54, 1.807) is 13.8 Å². The van der Waals surface area contributed by atoms with Crippen molar-refractivity contribution < 1.29 is 15.0 Å². The lowest BCUT2D eigenvalue weighted by atomic mass is 10.2. The number of aromatic carboxylic acids is 1. The molecule has 0 aliphatic carbocycles. The van der Waals surface area contributed by atoms with Gasteiger partial charge >= 0.3 is 5.97 Å². The molecule has 2 N–H and O–H groups in total. The van der Waals surface area contributed by atoms with Crippen LogP contribution in [0.3, 0.4) is 0 Å². The van der Waals surface area contributed by atoms with Crippen LogP contribution in [0.25, 0.3) is 0 Å². The largest absolute Gasteiger partial charge is 0.476 e. The van der Waals surface area contributed by atoms with Crippen molar-refractivity contribution >= 4 is 5.97 Å². The Kier molecular flexibility index (Phi) is 2.62. The number of carboxylic acid groups (broad SMARTS) is 1. The minimum atomic E-state index is -1.12. The maximum atomic E-state index is 10.4. The zero-order chi connectivity index (χ0) is 10.0. The van der Waals surface area contributed by atoms with E-state index in [-0.39, 0.29) is 11.7 Å². The predicted octanol–water partition coefficient (Wildman–Crippen LogP) is -0.0819. The molecule has 1 rings (SSSR count). The van der Waals surface area contributed by atoms with Gasteiger partial charge in [0.05, 0.1) is 18.3 Å². The molecule has 0 bridgehead atoms. The molecule has 1 heterocycles. The molecule has 13 heavy (non-hydrogen) atoms. The lowest BCUT2D eigenvalue weighted by Gasteiger charge is -2.13. The smallest absolute Gasteiger partial charge is 0.358 e. The number of aliphatic hydroxyl groups excluding tert-OH is 1. The van der Waals surface area contributed by atoms with Crippen molar-refractivity contribution in [3.8, 4) is 0 Å². The number of rotatable bonds is 3. The van der Waals surface area contributed by atoms with Crippen LogP contribution in [0.5, 0.6) is 0 Å². The Morgan fingerprint density at radius 3 is 2.62 bits per heavy atom. The van der Waals surface area contributed by atoms with Crippen LogP contribution in [0.4, 0.5) is 0 Å². The molecule has 0 fully saturated rings. The summed E-state index contributed by atoms with van der Waals surface area (Å²) in [5.74, 6) is -1.12. The molecule has 0 saturated heterocycles. The highest BCUT2D eigenvalue weighted by Gasteiger charge is 2.15. The maximum Gasteiger partial charge on any atom is 0.358 e. The van der Waals surface area contributed by atoms with E-state index in [0.717, 1.165) is 0 Å². The van der Waals surface area contributed by atoms with Gasteiger partial charge < -0.3 is 10.2 Å². The molecule has 2 unspecified atom stereocenters.